The molecule has 6 heteroatoms. The molecule has 0 spiro atoms. The molecule has 0 fully saturated rings. The van der Waals surface area contributed by atoms with Gasteiger partial charge in [0.2, 0.25) is 0 Å². The van der Waals surface area contributed by atoms with Gasteiger partial charge in [-0.1, -0.05) is 11.6 Å². The van der Waals surface area contributed by atoms with Crippen molar-refractivity contribution in [3.63, 3.8) is 0 Å². The SMILES string of the molecule is CC(C)OC(=O)c1ccc(Cl)cc1-c1ccc(C=Nc2ccc(O)cc2)o1. The molecule has 0 unspecified atom stereocenters. The second-order valence-electron chi connectivity index (χ2n) is 6.12. The fourth-order valence-corrected chi connectivity index (χ4v) is 2.59. The van der Waals surface area contributed by atoms with Gasteiger partial charge in [0.15, 0.2) is 0 Å². The van der Waals surface area contributed by atoms with Gasteiger partial charge in [0, 0.05) is 10.6 Å². The summed E-state index contributed by atoms with van der Waals surface area (Å²) >= 11 is 6.10. The van der Waals surface area contributed by atoms with E-state index in [4.69, 9.17) is 20.8 Å². The Hall–Kier alpha value is -3.05. The van der Waals surface area contributed by atoms with Gasteiger partial charge in [-0.15, -0.1) is 0 Å². The number of furan rings is 1. The molecule has 0 bridgehead atoms. The number of carbonyl (C=O) groups excluding carboxylic acids is 1. The van der Waals surface area contributed by atoms with Crippen molar-refractivity contribution in [2.45, 2.75) is 20.0 Å². The molecular weight excluding hydrogens is 366 g/mol. The normalized spacial score (nSPS) is 11.3. The van der Waals surface area contributed by atoms with Gasteiger partial charge in [-0.2, -0.15) is 0 Å². The van der Waals surface area contributed by atoms with Crippen molar-refractivity contribution >= 4 is 29.5 Å². The van der Waals surface area contributed by atoms with E-state index in [2.05, 4.69) is 4.99 Å². The van der Waals surface area contributed by atoms with E-state index in [0.717, 1.165) is 0 Å². The monoisotopic (exact) mass is 383 g/mol. The molecule has 1 N–H and O–H groups in total. The summed E-state index contributed by atoms with van der Waals surface area (Å²) in [7, 11) is 0. The topological polar surface area (TPSA) is 72.0 Å². The first kappa shape index (κ1) is 18.7. The van der Waals surface area contributed by atoms with Crippen LogP contribution in [0.4, 0.5) is 5.69 Å². The van der Waals surface area contributed by atoms with Crippen LogP contribution in [0.1, 0.15) is 30.0 Å². The first-order chi connectivity index (χ1) is 12.9. The van der Waals surface area contributed by atoms with Crippen LogP contribution >= 0.6 is 11.6 Å². The highest BCUT2D eigenvalue weighted by molar-refractivity contribution is 6.31. The first-order valence-electron chi connectivity index (χ1n) is 8.36. The summed E-state index contributed by atoms with van der Waals surface area (Å²) < 4.78 is 11.1. The van der Waals surface area contributed by atoms with Crippen molar-refractivity contribution in [3.8, 4) is 17.1 Å². The van der Waals surface area contributed by atoms with Crippen LogP contribution in [0.15, 0.2) is 64.0 Å². The van der Waals surface area contributed by atoms with Gasteiger partial charge in [-0.25, -0.2) is 4.79 Å². The largest absolute Gasteiger partial charge is 0.508 e. The molecule has 0 amide bonds. The number of nitrogens with zero attached hydrogens (tertiary/aromatic N) is 1. The number of rotatable bonds is 5. The molecule has 1 aromatic heterocycles. The summed E-state index contributed by atoms with van der Waals surface area (Å²) in [5.74, 6) is 0.741. The quantitative estimate of drug-likeness (QED) is 0.458. The maximum Gasteiger partial charge on any atom is 0.339 e. The molecule has 138 valence electrons. The Bertz CT molecular complexity index is 974. The van der Waals surface area contributed by atoms with Gasteiger partial charge >= 0.3 is 5.97 Å². The summed E-state index contributed by atoms with van der Waals surface area (Å²) in [6.07, 6.45) is 1.33. The Kier molecular flexibility index (Phi) is 5.62. The molecule has 2 aromatic carbocycles. The minimum Gasteiger partial charge on any atom is -0.508 e. The van der Waals surface area contributed by atoms with Crippen LogP contribution < -0.4 is 0 Å². The van der Waals surface area contributed by atoms with Crippen LogP contribution in [0.25, 0.3) is 11.3 Å². The molecule has 0 aliphatic carbocycles. The highest BCUT2D eigenvalue weighted by atomic mass is 35.5. The molecule has 0 radical (unpaired) electrons. The van der Waals surface area contributed by atoms with Crippen molar-refractivity contribution in [1.82, 2.24) is 0 Å². The van der Waals surface area contributed by atoms with Crippen LogP contribution in [-0.2, 0) is 4.74 Å². The Morgan fingerprint density at radius 2 is 1.89 bits per heavy atom. The van der Waals surface area contributed by atoms with Crippen molar-refractivity contribution < 1.29 is 19.1 Å². The van der Waals surface area contributed by atoms with Gasteiger partial charge in [0.05, 0.1) is 23.6 Å². The number of hydrogen-bond donors (Lipinski definition) is 1. The number of benzene rings is 2. The van der Waals surface area contributed by atoms with Crippen LogP contribution in [0.3, 0.4) is 0 Å². The number of aliphatic imine (C=N–C) groups is 1. The Balaban J connectivity index is 1.88. The van der Waals surface area contributed by atoms with Crippen molar-refractivity contribution in [2.75, 3.05) is 0 Å². The third-order valence-electron chi connectivity index (χ3n) is 3.63. The van der Waals surface area contributed by atoms with Crippen molar-refractivity contribution in [1.29, 1.82) is 0 Å². The zero-order valence-electron chi connectivity index (χ0n) is 14.8. The zero-order chi connectivity index (χ0) is 19.4. The highest BCUT2D eigenvalue weighted by Crippen LogP contribution is 2.29. The minimum absolute atomic E-state index is 0.177. The third kappa shape index (κ3) is 4.77. The van der Waals surface area contributed by atoms with E-state index >= 15 is 0 Å². The molecular formula is C21H18ClNO4. The van der Waals surface area contributed by atoms with Crippen LogP contribution in [-0.4, -0.2) is 23.4 Å². The standard InChI is InChI=1S/C21H18ClNO4/c1-13(2)26-21(25)18-9-3-14(22)11-19(18)20-10-8-17(27-20)12-23-15-4-6-16(24)7-5-15/h3-13,24H,1-2H3. The van der Waals surface area contributed by atoms with Crippen molar-refractivity contribution in [3.05, 3.63) is 70.9 Å². The number of carbonyl (C=O) groups is 1. The number of aromatic hydroxyl groups is 1. The molecule has 0 saturated heterocycles. The van der Waals surface area contributed by atoms with Gasteiger partial charge in [-0.3, -0.25) is 4.99 Å². The van der Waals surface area contributed by atoms with Crippen molar-refractivity contribution in [2.24, 2.45) is 4.99 Å². The average Bonchev–Trinajstić information content (AvgIpc) is 3.09. The molecule has 27 heavy (non-hydrogen) atoms. The second kappa shape index (κ2) is 8.10. The van der Waals surface area contributed by atoms with Crippen LogP contribution in [0.2, 0.25) is 5.02 Å². The van der Waals surface area contributed by atoms with E-state index in [1.165, 1.54) is 0 Å². The summed E-state index contributed by atoms with van der Waals surface area (Å²) in [4.78, 5) is 16.6. The minimum atomic E-state index is -0.438. The predicted octanol–water partition coefficient (Wildman–Crippen LogP) is 5.62. The van der Waals surface area contributed by atoms with Gasteiger partial charge in [0.1, 0.15) is 17.3 Å². The first-order valence-corrected chi connectivity index (χ1v) is 8.74. The van der Waals surface area contributed by atoms with Gasteiger partial charge < -0.3 is 14.3 Å². The molecule has 0 aliphatic rings. The average molecular weight is 384 g/mol. The lowest BCUT2D eigenvalue weighted by molar-refractivity contribution is 0.0378. The summed E-state index contributed by atoms with van der Waals surface area (Å²) in [5, 5.41) is 9.79. The van der Waals surface area contributed by atoms with E-state index in [0.29, 0.717) is 33.4 Å². The highest BCUT2D eigenvalue weighted by Gasteiger charge is 2.18. The molecule has 5 nitrogen and oxygen atoms in total. The zero-order valence-corrected chi connectivity index (χ0v) is 15.6. The number of ether oxygens (including phenoxy) is 1. The van der Waals surface area contributed by atoms with E-state index in [1.54, 1.807) is 74.7 Å². The molecule has 0 aliphatic heterocycles. The number of hydrogen-bond acceptors (Lipinski definition) is 5. The maximum atomic E-state index is 12.4. The van der Waals surface area contributed by atoms with E-state index < -0.39 is 5.97 Å². The lowest BCUT2D eigenvalue weighted by Gasteiger charge is -2.11. The van der Waals surface area contributed by atoms with Crippen LogP contribution in [0, 0.1) is 0 Å². The maximum absolute atomic E-state index is 12.4. The molecule has 1 heterocycles. The van der Waals surface area contributed by atoms with Gasteiger partial charge in [0.25, 0.3) is 0 Å². The lowest BCUT2D eigenvalue weighted by Crippen LogP contribution is -2.12. The Labute approximate surface area is 161 Å². The molecule has 3 rings (SSSR count). The van der Waals surface area contributed by atoms with E-state index in [1.807, 2.05) is 0 Å². The molecule has 3 aromatic rings. The molecule has 0 atom stereocenters. The summed E-state index contributed by atoms with van der Waals surface area (Å²) in [5.41, 5.74) is 1.61. The predicted molar refractivity (Wildman–Crippen MR) is 105 cm³/mol. The number of phenols is 1. The second-order valence-corrected chi connectivity index (χ2v) is 6.56. The van der Waals surface area contributed by atoms with E-state index in [-0.39, 0.29) is 11.9 Å². The number of halogens is 1. The van der Waals surface area contributed by atoms with Gasteiger partial charge in [-0.05, 0) is 68.4 Å². The summed E-state index contributed by atoms with van der Waals surface area (Å²) in [6, 6.07) is 14.9. The smallest absolute Gasteiger partial charge is 0.339 e. The third-order valence-corrected chi connectivity index (χ3v) is 3.86. The number of esters is 1. The van der Waals surface area contributed by atoms with E-state index in [9.17, 15) is 9.90 Å². The fourth-order valence-electron chi connectivity index (χ4n) is 2.42. The molecule has 0 saturated carbocycles. The Morgan fingerprint density at radius 1 is 1.15 bits per heavy atom. The number of phenolic OH excluding ortho intramolecular Hbond substituents is 1. The Morgan fingerprint density at radius 3 is 2.59 bits per heavy atom. The lowest BCUT2D eigenvalue weighted by atomic mass is 10.1. The summed E-state index contributed by atoms with van der Waals surface area (Å²) in [6.45, 7) is 3.58. The van der Waals surface area contributed by atoms with Crippen LogP contribution in [0.5, 0.6) is 5.75 Å². The fraction of sp³-hybridized carbons (Fsp3) is 0.143.